The molecule has 10 nitrogen and oxygen atoms in total. The number of anilines is 2. The van der Waals surface area contributed by atoms with E-state index in [1.54, 1.807) is 30.0 Å². The molecule has 0 saturated carbocycles. The van der Waals surface area contributed by atoms with Gasteiger partial charge in [0.05, 0.1) is 36.8 Å². The van der Waals surface area contributed by atoms with Crippen LogP contribution in [0.1, 0.15) is 24.5 Å². The predicted molar refractivity (Wildman–Crippen MR) is 141 cm³/mol. The van der Waals surface area contributed by atoms with Crippen molar-refractivity contribution >= 4 is 17.4 Å². The van der Waals surface area contributed by atoms with Crippen molar-refractivity contribution in [1.29, 1.82) is 0 Å². The molecular formula is C27H28F3N5O5. The molecule has 2 aliphatic rings. The summed E-state index contributed by atoms with van der Waals surface area (Å²) in [6, 6.07) is 7.35. The van der Waals surface area contributed by atoms with Crippen LogP contribution in [0.5, 0.6) is 11.5 Å². The number of carbonyl (C=O) groups excluding carboxylic acids is 1. The predicted octanol–water partition coefficient (Wildman–Crippen LogP) is 3.34. The number of carbonyl (C=O) groups is 1. The normalized spacial score (nSPS) is 18.7. The molecule has 1 saturated heterocycles. The SMILES string of the molecule is COc1cc(OC)cc(-c2nn(-c3cc(N4CCC(C)(O)C4)ccc3C(F)(F)F)c(=O)c3c2CCN3C(N)=O)c1. The zero-order valence-corrected chi connectivity index (χ0v) is 22.1. The van der Waals surface area contributed by atoms with E-state index in [0.717, 1.165) is 11.0 Å². The summed E-state index contributed by atoms with van der Waals surface area (Å²) in [5.74, 6) is 0.790. The molecule has 1 unspecified atom stereocenters. The van der Waals surface area contributed by atoms with E-state index >= 15 is 0 Å². The number of hydrogen-bond donors (Lipinski definition) is 2. The molecule has 13 heteroatoms. The third-order valence-electron chi connectivity index (χ3n) is 7.24. The number of rotatable bonds is 5. The number of ether oxygens (including phenoxy) is 2. The average Bonchev–Trinajstić information content (AvgIpc) is 3.51. The Morgan fingerprint density at radius 1 is 1.10 bits per heavy atom. The van der Waals surface area contributed by atoms with E-state index in [0.29, 0.717) is 46.0 Å². The average molecular weight is 560 g/mol. The number of urea groups is 1. The third-order valence-corrected chi connectivity index (χ3v) is 7.24. The van der Waals surface area contributed by atoms with E-state index in [4.69, 9.17) is 15.2 Å². The Kier molecular flexibility index (Phi) is 6.65. The number of methoxy groups -OCH3 is 2. The van der Waals surface area contributed by atoms with Crippen molar-refractivity contribution in [1.82, 2.24) is 9.78 Å². The smallest absolute Gasteiger partial charge is 0.418 e. The molecule has 2 amide bonds. The molecule has 40 heavy (non-hydrogen) atoms. The van der Waals surface area contributed by atoms with E-state index in [-0.39, 0.29) is 30.9 Å². The number of halogens is 3. The molecule has 5 rings (SSSR count). The third kappa shape index (κ3) is 4.81. The second-order valence-electron chi connectivity index (χ2n) is 10.1. The zero-order chi connectivity index (χ0) is 29.0. The Bertz CT molecular complexity index is 1530. The number of fused-ring (bicyclic) bond motifs is 1. The lowest BCUT2D eigenvalue weighted by Gasteiger charge is -2.24. The van der Waals surface area contributed by atoms with Crippen molar-refractivity contribution in [2.75, 3.05) is 43.7 Å². The molecule has 212 valence electrons. The van der Waals surface area contributed by atoms with Crippen LogP contribution in [0, 0.1) is 0 Å². The summed E-state index contributed by atoms with van der Waals surface area (Å²) in [5.41, 5.74) is 3.22. The maximum Gasteiger partial charge on any atom is 0.418 e. The van der Waals surface area contributed by atoms with Gasteiger partial charge in [-0.2, -0.15) is 23.0 Å². The Balaban J connectivity index is 1.80. The van der Waals surface area contributed by atoms with Crippen LogP contribution in [-0.4, -0.2) is 60.4 Å². The number of nitrogens with zero attached hydrogens (tertiary/aromatic N) is 4. The number of aromatic nitrogens is 2. The molecule has 0 bridgehead atoms. The Labute approximate surface area is 227 Å². The molecule has 1 aromatic heterocycles. The molecule has 0 aliphatic carbocycles. The van der Waals surface area contributed by atoms with E-state index in [2.05, 4.69) is 5.10 Å². The first-order valence-electron chi connectivity index (χ1n) is 12.5. The minimum absolute atomic E-state index is 0.0642. The van der Waals surface area contributed by atoms with Gasteiger partial charge in [-0.05, 0) is 50.1 Å². The highest BCUT2D eigenvalue weighted by Gasteiger charge is 2.38. The molecule has 0 radical (unpaired) electrons. The maximum atomic E-state index is 14.3. The first-order chi connectivity index (χ1) is 18.8. The van der Waals surface area contributed by atoms with E-state index in [1.807, 2.05) is 0 Å². The number of hydrogen-bond acceptors (Lipinski definition) is 7. The van der Waals surface area contributed by atoms with Gasteiger partial charge in [0, 0.05) is 42.5 Å². The minimum atomic E-state index is -4.83. The van der Waals surface area contributed by atoms with Gasteiger partial charge in [-0.15, -0.1) is 0 Å². The van der Waals surface area contributed by atoms with Gasteiger partial charge in [0.1, 0.15) is 17.2 Å². The van der Waals surface area contributed by atoms with Gasteiger partial charge >= 0.3 is 12.2 Å². The highest BCUT2D eigenvalue weighted by atomic mass is 19.4. The lowest BCUT2D eigenvalue weighted by atomic mass is 10.0. The fraction of sp³-hybridized carbons (Fsp3) is 0.370. The number of alkyl halides is 3. The standard InChI is InChI=1S/C27H28F3N5O5/c1-26(38)7-9-33(14-26)16-4-5-20(27(28,29)30)21(12-16)35-24(36)23-19(6-8-34(23)25(31)37)22(32-35)15-10-17(39-2)13-18(11-15)40-3/h4-5,10-13,38H,6-9,14H2,1-3H3,(H2,31,37). The number of benzene rings is 2. The van der Waals surface area contributed by atoms with Crippen molar-refractivity contribution < 1.29 is 32.5 Å². The number of amides is 2. The maximum absolute atomic E-state index is 14.3. The van der Waals surface area contributed by atoms with Gasteiger partial charge in [-0.3, -0.25) is 9.69 Å². The summed E-state index contributed by atoms with van der Waals surface area (Å²) in [6.07, 6.45) is -4.19. The van der Waals surface area contributed by atoms with Crippen molar-refractivity contribution in [2.45, 2.75) is 31.5 Å². The monoisotopic (exact) mass is 559 g/mol. The van der Waals surface area contributed by atoms with E-state index < -0.39 is 34.6 Å². The summed E-state index contributed by atoms with van der Waals surface area (Å²) < 4.78 is 54.2. The second kappa shape index (κ2) is 9.73. The molecule has 3 aromatic rings. The number of aliphatic hydroxyl groups is 1. The molecule has 1 atom stereocenters. The molecule has 0 spiro atoms. The lowest BCUT2D eigenvalue weighted by molar-refractivity contribution is -0.137. The van der Waals surface area contributed by atoms with Crippen LogP contribution in [0.4, 0.5) is 29.3 Å². The summed E-state index contributed by atoms with van der Waals surface area (Å²) >= 11 is 0. The lowest BCUT2D eigenvalue weighted by Crippen LogP contribution is -2.39. The van der Waals surface area contributed by atoms with Crippen molar-refractivity contribution in [3.63, 3.8) is 0 Å². The van der Waals surface area contributed by atoms with Crippen LogP contribution in [-0.2, 0) is 12.6 Å². The number of nitrogens with two attached hydrogens (primary N) is 1. The van der Waals surface area contributed by atoms with Crippen LogP contribution in [0.2, 0.25) is 0 Å². The topological polar surface area (TPSA) is 123 Å². The Morgan fingerprint density at radius 3 is 2.33 bits per heavy atom. The number of β-amino-alcohol motifs (C(OH)–C–C–N with tert-alkyl or cyclic N) is 1. The largest absolute Gasteiger partial charge is 0.497 e. The van der Waals surface area contributed by atoms with E-state index in [9.17, 15) is 27.9 Å². The summed E-state index contributed by atoms with van der Waals surface area (Å²) in [5, 5.41) is 14.9. The van der Waals surface area contributed by atoms with Crippen LogP contribution in [0.3, 0.4) is 0 Å². The minimum Gasteiger partial charge on any atom is -0.497 e. The van der Waals surface area contributed by atoms with Crippen molar-refractivity contribution in [3.8, 4) is 28.4 Å². The fourth-order valence-electron chi connectivity index (χ4n) is 5.25. The summed E-state index contributed by atoms with van der Waals surface area (Å²) in [4.78, 5) is 28.8. The highest BCUT2D eigenvalue weighted by molar-refractivity contribution is 5.94. The summed E-state index contributed by atoms with van der Waals surface area (Å²) in [6.45, 7) is 2.33. The molecule has 3 N–H and O–H groups in total. The van der Waals surface area contributed by atoms with Crippen molar-refractivity contribution in [2.24, 2.45) is 5.73 Å². The molecule has 1 fully saturated rings. The Hall–Kier alpha value is -4.26. The molecular weight excluding hydrogens is 531 g/mol. The van der Waals surface area contributed by atoms with E-state index in [1.165, 1.54) is 26.4 Å². The van der Waals surface area contributed by atoms with Crippen LogP contribution >= 0.6 is 0 Å². The summed E-state index contributed by atoms with van der Waals surface area (Å²) in [7, 11) is 2.89. The fourth-order valence-corrected chi connectivity index (χ4v) is 5.25. The molecule has 2 aliphatic heterocycles. The quantitative estimate of drug-likeness (QED) is 0.492. The number of primary amides is 1. The first kappa shape index (κ1) is 27.3. The van der Waals surface area contributed by atoms with Gasteiger partial charge in [0.15, 0.2) is 0 Å². The van der Waals surface area contributed by atoms with Crippen molar-refractivity contribution in [3.05, 3.63) is 57.9 Å². The molecule has 2 aromatic carbocycles. The van der Waals surface area contributed by atoms with Gasteiger partial charge in [0.25, 0.3) is 5.56 Å². The van der Waals surface area contributed by atoms with Gasteiger partial charge in [0.2, 0.25) is 0 Å². The Morgan fingerprint density at radius 2 is 1.77 bits per heavy atom. The second-order valence-corrected chi connectivity index (χ2v) is 10.1. The van der Waals surface area contributed by atoms with Gasteiger partial charge < -0.3 is 25.2 Å². The van der Waals surface area contributed by atoms with Crippen LogP contribution < -0.4 is 30.6 Å². The van der Waals surface area contributed by atoms with Gasteiger partial charge in [-0.1, -0.05) is 0 Å². The highest BCUT2D eigenvalue weighted by Crippen LogP contribution is 2.39. The van der Waals surface area contributed by atoms with Crippen LogP contribution in [0.15, 0.2) is 41.2 Å². The molecule has 3 heterocycles. The van der Waals surface area contributed by atoms with Crippen LogP contribution in [0.25, 0.3) is 16.9 Å². The van der Waals surface area contributed by atoms with Gasteiger partial charge in [-0.25, -0.2) is 4.79 Å². The first-order valence-corrected chi connectivity index (χ1v) is 12.5. The zero-order valence-electron chi connectivity index (χ0n) is 22.1.